The first-order valence-electron chi connectivity index (χ1n) is 4.03. The molecule has 14 heavy (non-hydrogen) atoms. The molecule has 0 aliphatic carbocycles. The molecule has 2 aromatic rings. The van der Waals surface area contributed by atoms with E-state index in [4.69, 9.17) is 0 Å². The molecule has 0 unspecified atom stereocenters. The van der Waals surface area contributed by atoms with E-state index in [-0.39, 0.29) is 0 Å². The lowest BCUT2D eigenvalue weighted by molar-refractivity contribution is -0.142. The number of alkyl halides is 3. The molecular formula is C9H7F3N2. The Balaban J connectivity index is 2.36. The van der Waals surface area contributed by atoms with Gasteiger partial charge in [-0.25, -0.2) is 0 Å². The van der Waals surface area contributed by atoms with Gasteiger partial charge in [0, 0.05) is 11.6 Å². The highest BCUT2D eigenvalue weighted by molar-refractivity contribution is 5.77. The molecule has 0 spiro atoms. The Bertz CT molecular complexity index is 411. The van der Waals surface area contributed by atoms with Crippen LogP contribution < -0.4 is 0 Å². The summed E-state index contributed by atoms with van der Waals surface area (Å²) in [4.78, 5) is 0. The maximum absolute atomic E-state index is 12.0. The Morgan fingerprint density at radius 1 is 1.21 bits per heavy atom. The van der Waals surface area contributed by atoms with Crippen LogP contribution in [0.5, 0.6) is 0 Å². The summed E-state index contributed by atoms with van der Waals surface area (Å²) in [5, 5.41) is 4.51. The standard InChI is InChI=1S/C9H7F3N2/c10-9(11,12)6-14-5-7-3-1-2-4-8(7)13-14/h1-5H,6H2. The number of halogens is 3. The molecule has 0 fully saturated rings. The highest BCUT2D eigenvalue weighted by Crippen LogP contribution is 2.19. The number of fused-ring (bicyclic) bond motifs is 1. The number of benzene rings is 1. The lowest BCUT2D eigenvalue weighted by atomic mass is 10.3. The summed E-state index contributed by atoms with van der Waals surface area (Å²) in [6.45, 7) is -1.04. The van der Waals surface area contributed by atoms with Crippen molar-refractivity contribution in [1.82, 2.24) is 9.78 Å². The Morgan fingerprint density at radius 2 is 1.93 bits per heavy atom. The van der Waals surface area contributed by atoms with E-state index >= 15 is 0 Å². The summed E-state index contributed by atoms with van der Waals surface area (Å²) in [6, 6.07) is 6.92. The predicted molar refractivity (Wildman–Crippen MR) is 45.8 cm³/mol. The van der Waals surface area contributed by atoms with Crippen molar-refractivity contribution >= 4 is 10.9 Å². The minimum atomic E-state index is -4.22. The van der Waals surface area contributed by atoms with Crippen molar-refractivity contribution in [3.8, 4) is 0 Å². The average molecular weight is 200 g/mol. The van der Waals surface area contributed by atoms with Crippen LogP contribution in [0.15, 0.2) is 30.5 Å². The van der Waals surface area contributed by atoms with Gasteiger partial charge in [-0.1, -0.05) is 18.2 Å². The molecule has 2 nitrogen and oxygen atoms in total. The number of nitrogens with zero attached hydrogens (tertiary/aromatic N) is 2. The Morgan fingerprint density at radius 3 is 2.57 bits per heavy atom. The second-order valence-corrected chi connectivity index (χ2v) is 3.00. The molecule has 0 saturated carbocycles. The minimum Gasteiger partial charge on any atom is -0.262 e. The molecule has 0 amide bonds. The lowest BCUT2D eigenvalue weighted by Gasteiger charge is -2.04. The van der Waals surface area contributed by atoms with E-state index in [1.807, 2.05) is 0 Å². The fourth-order valence-electron chi connectivity index (χ4n) is 1.28. The molecule has 0 saturated heterocycles. The number of hydrogen-bond donors (Lipinski definition) is 0. The van der Waals surface area contributed by atoms with E-state index < -0.39 is 12.7 Å². The second-order valence-electron chi connectivity index (χ2n) is 3.00. The van der Waals surface area contributed by atoms with Crippen molar-refractivity contribution in [2.45, 2.75) is 12.7 Å². The van der Waals surface area contributed by atoms with Gasteiger partial charge in [0.05, 0.1) is 5.52 Å². The molecule has 74 valence electrons. The number of hydrogen-bond acceptors (Lipinski definition) is 1. The summed E-state index contributed by atoms with van der Waals surface area (Å²) in [5.74, 6) is 0. The van der Waals surface area contributed by atoms with Gasteiger partial charge >= 0.3 is 6.18 Å². The van der Waals surface area contributed by atoms with Crippen LogP contribution in [-0.4, -0.2) is 16.0 Å². The van der Waals surface area contributed by atoms with Gasteiger partial charge in [0.1, 0.15) is 6.54 Å². The Kier molecular flexibility index (Phi) is 1.94. The summed E-state index contributed by atoms with van der Waals surface area (Å²) in [7, 11) is 0. The van der Waals surface area contributed by atoms with Gasteiger partial charge in [0.2, 0.25) is 0 Å². The molecule has 0 N–H and O–H groups in total. The van der Waals surface area contributed by atoms with Crippen LogP contribution >= 0.6 is 0 Å². The smallest absolute Gasteiger partial charge is 0.262 e. The van der Waals surface area contributed by atoms with Crippen molar-refractivity contribution in [2.75, 3.05) is 0 Å². The number of aromatic nitrogens is 2. The first kappa shape index (κ1) is 9.05. The van der Waals surface area contributed by atoms with Gasteiger partial charge in [-0.3, -0.25) is 4.68 Å². The molecule has 0 aliphatic rings. The van der Waals surface area contributed by atoms with Crippen molar-refractivity contribution in [2.24, 2.45) is 0 Å². The topological polar surface area (TPSA) is 17.8 Å². The summed E-state index contributed by atoms with van der Waals surface area (Å²) in [6.07, 6.45) is -2.83. The highest BCUT2D eigenvalue weighted by Gasteiger charge is 2.28. The average Bonchev–Trinajstić information content (AvgIpc) is 2.42. The summed E-state index contributed by atoms with van der Waals surface area (Å²) < 4.78 is 36.9. The van der Waals surface area contributed by atoms with Gasteiger partial charge in [0.15, 0.2) is 0 Å². The third-order valence-electron chi connectivity index (χ3n) is 1.80. The van der Waals surface area contributed by atoms with Crippen molar-refractivity contribution in [3.63, 3.8) is 0 Å². The third-order valence-corrected chi connectivity index (χ3v) is 1.80. The Hall–Kier alpha value is -1.52. The zero-order chi connectivity index (χ0) is 10.2. The predicted octanol–water partition coefficient (Wildman–Crippen LogP) is 2.60. The molecule has 0 atom stereocenters. The van der Waals surface area contributed by atoms with Crippen LogP contribution in [0.25, 0.3) is 10.9 Å². The zero-order valence-corrected chi connectivity index (χ0v) is 7.12. The number of rotatable bonds is 1. The lowest BCUT2D eigenvalue weighted by Crippen LogP contribution is -2.17. The van der Waals surface area contributed by atoms with E-state index in [1.165, 1.54) is 6.20 Å². The fraction of sp³-hybridized carbons (Fsp3) is 0.222. The van der Waals surface area contributed by atoms with E-state index in [9.17, 15) is 13.2 Å². The SMILES string of the molecule is FC(F)(F)Cn1cc2ccccc2n1. The molecule has 0 aliphatic heterocycles. The maximum atomic E-state index is 12.0. The molecule has 1 aromatic heterocycles. The second kappa shape index (κ2) is 3.01. The van der Waals surface area contributed by atoms with E-state index in [2.05, 4.69) is 5.10 Å². The highest BCUT2D eigenvalue weighted by atomic mass is 19.4. The van der Waals surface area contributed by atoms with Crippen LogP contribution in [0.3, 0.4) is 0 Å². The van der Waals surface area contributed by atoms with E-state index in [0.717, 1.165) is 10.1 Å². The molecule has 1 heterocycles. The van der Waals surface area contributed by atoms with Crippen LogP contribution in [-0.2, 0) is 6.54 Å². The Labute approximate surface area is 77.9 Å². The largest absolute Gasteiger partial charge is 0.408 e. The van der Waals surface area contributed by atoms with Crippen LogP contribution in [0.1, 0.15) is 0 Å². The summed E-state index contributed by atoms with van der Waals surface area (Å²) >= 11 is 0. The molecular weight excluding hydrogens is 193 g/mol. The van der Waals surface area contributed by atoms with Gasteiger partial charge in [-0.05, 0) is 6.07 Å². The van der Waals surface area contributed by atoms with Crippen molar-refractivity contribution in [1.29, 1.82) is 0 Å². The monoisotopic (exact) mass is 200 g/mol. The maximum Gasteiger partial charge on any atom is 0.408 e. The van der Waals surface area contributed by atoms with Crippen LogP contribution in [0.4, 0.5) is 13.2 Å². The minimum absolute atomic E-state index is 0.580. The molecule has 2 rings (SSSR count). The zero-order valence-electron chi connectivity index (χ0n) is 7.12. The van der Waals surface area contributed by atoms with Gasteiger partial charge in [-0.15, -0.1) is 0 Å². The van der Waals surface area contributed by atoms with Crippen molar-refractivity contribution in [3.05, 3.63) is 30.5 Å². The first-order chi connectivity index (χ1) is 6.54. The normalized spacial score (nSPS) is 12.2. The molecule has 0 bridgehead atoms. The summed E-state index contributed by atoms with van der Waals surface area (Å²) in [5.41, 5.74) is 0.580. The van der Waals surface area contributed by atoms with E-state index in [0.29, 0.717) is 5.52 Å². The quantitative estimate of drug-likeness (QED) is 0.691. The molecule has 5 heteroatoms. The van der Waals surface area contributed by atoms with Gasteiger partial charge < -0.3 is 0 Å². The van der Waals surface area contributed by atoms with Gasteiger partial charge in [0.25, 0.3) is 0 Å². The first-order valence-corrected chi connectivity index (χ1v) is 4.03. The third kappa shape index (κ3) is 1.86. The fourth-order valence-corrected chi connectivity index (χ4v) is 1.28. The van der Waals surface area contributed by atoms with Crippen LogP contribution in [0, 0.1) is 0 Å². The van der Waals surface area contributed by atoms with Crippen LogP contribution in [0.2, 0.25) is 0 Å². The molecule has 1 aromatic carbocycles. The van der Waals surface area contributed by atoms with E-state index in [1.54, 1.807) is 24.3 Å². The van der Waals surface area contributed by atoms with Crippen molar-refractivity contribution < 1.29 is 13.2 Å². The molecule has 0 radical (unpaired) electrons. The van der Waals surface area contributed by atoms with Gasteiger partial charge in [-0.2, -0.15) is 18.3 Å².